The molecule has 0 aliphatic carbocycles. The number of nitrogens with one attached hydrogen (secondary N) is 1. The second-order valence-corrected chi connectivity index (χ2v) is 7.91. The zero-order valence-electron chi connectivity index (χ0n) is 15.9. The van der Waals surface area contributed by atoms with E-state index < -0.39 is 5.63 Å². The summed E-state index contributed by atoms with van der Waals surface area (Å²) in [6.45, 7) is 1.84. The van der Waals surface area contributed by atoms with Crippen LogP contribution in [-0.4, -0.2) is 21.6 Å². The maximum absolute atomic E-state index is 12.4. The van der Waals surface area contributed by atoms with Crippen molar-refractivity contribution in [1.82, 2.24) is 9.97 Å². The summed E-state index contributed by atoms with van der Waals surface area (Å²) in [5.74, 6) is -0.0743. The van der Waals surface area contributed by atoms with E-state index >= 15 is 0 Å². The second-order valence-electron chi connectivity index (χ2n) is 6.53. The molecule has 0 saturated heterocycles. The Labute approximate surface area is 181 Å². The molecule has 0 aliphatic rings. The van der Waals surface area contributed by atoms with Crippen LogP contribution in [0.25, 0.3) is 22.2 Å². The number of halogens is 1. The van der Waals surface area contributed by atoms with Gasteiger partial charge in [0.1, 0.15) is 5.58 Å². The SMILES string of the molecule is Cc1cc(=O)oc2cc(NC(=O)CSc3nccc(-c4ccc(Cl)cc4)n3)ccc12. The quantitative estimate of drug-likeness (QED) is 0.270. The van der Waals surface area contributed by atoms with Gasteiger partial charge in [-0.25, -0.2) is 14.8 Å². The number of carbonyl (C=O) groups excluding carboxylic acids is 1. The van der Waals surface area contributed by atoms with E-state index in [4.69, 9.17) is 16.0 Å². The lowest BCUT2D eigenvalue weighted by Crippen LogP contribution is -2.14. The molecular weight excluding hydrogens is 422 g/mol. The zero-order valence-corrected chi connectivity index (χ0v) is 17.5. The fourth-order valence-electron chi connectivity index (χ4n) is 2.92. The monoisotopic (exact) mass is 437 g/mol. The Balaban J connectivity index is 1.43. The van der Waals surface area contributed by atoms with Crippen molar-refractivity contribution >= 4 is 45.9 Å². The van der Waals surface area contributed by atoms with Crippen molar-refractivity contribution in [3.63, 3.8) is 0 Å². The number of hydrogen-bond donors (Lipinski definition) is 1. The Hall–Kier alpha value is -3.16. The Bertz CT molecular complexity index is 1290. The van der Waals surface area contributed by atoms with Gasteiger partial charge in [-0.3, -0.25) is 4.79 Å². The van der Waals surface area contributed by atoms with Gasteiger partial charge in [-0.2, -0.15) is 0 Å². The maximum atomic E-state index is 12.4. The first-order chi connectivity index (χ1) is 14.5. The summed E-state index contributed by atoms with van der Waals surface area (Å²) >= 11 is 7.16. The molecule has 30 heavy (non-hydrogen) atoms. The van der Waals surface area contributed by atoms with Crippen molar-refractivity contribution in [2.24, 2.45) is 0 Å². The lowest BCUT2D eigenvalue weighted by Gasteiger charge is -2.07. The van der Waals surface area contributed by atoms with Gasteiger partial charge in [0.25, 0.3) is 0 Å². The van der Waals surface area contributed by atoms with E-state index in [1.165, 1.54) is 17.8 Å². The smallest absolute Gasteiger partial charge is 0.336 e. The molecular formula is C22H16ClN3O3S. The van der Waals surface area contributed by atoms with Crippen LogP contribution in [0.4, 0.5) is 5.69 Å². The number of anilines is 1. The molecule has 8 heteroatoms. The summed E-state index contributed by atoms with van der Waals surface area (Å²) in [7, 11) is 0. The summed E-state index contributed by atoms with van der Waals surface area (Å²) in [5, 5.41) is 4.78. The van der Waals surface area contributed by atoms with E-state index in [0.29, 0.717) is 21.4 Å². The van der Waals surface area contributed by atoms with Crippen LogP contribution < -0.4 is 10.9 Å². The van der Waals surface area contributed by atoms with Crippen molar-refractivity contribution in [2.45, 2.75) is 12.1 Å². The zero-order chi connectivity index (χ0) is 21.1. The van der Waals surface area contributed by atoms with Gasteiger partial charge >= 0.3 is 5.63 Å². The molecule has 4 rings (SSSR count). The van der Waals surface area contributed by atoms with Crippen molar-refractivity contribution in [3.05, 3.63) is 81.8 Å². The molecule has 2 aromatic heterocycles. The first-order valence-electron chi connectivity index (χ1n) is 9.04. The summed E-state index contributed by atoms with van der Waals surface area (Å²) in [4.78, 5) is 32.6. The minimum atomic E-state index is -0.420. The number of aromatic nitrogens is 2. The highest BCUT2D eigenvalue weighted by molar-refractivity contribution is 7.99. The van der Waals surface area contributed by atoms with Crippen LogP contribution in [0.5, 0.6) is 0 Å². The third kappa shape index (κ3) is 4.69. The number of rotatable bonds is 5. The van der Waals surface area contributed by atoms with E-state index in [2.05, 4.69) is 15.3 Å². The highest BCUT2D eigenvalue weighted by atomic mass is 35.5. The predicted octanol–water partition coefficient (Wildman–Crippen LogP) is 4.94. The largest absolute Gasteiger partial charge is 0.423 e. The molecule has 0 fully saturated rings. The van der Waals surface area contributed by atoms with Crippen LogP contribution >= 0.6 is 23.4 Å². The van der Waals surface area contributed by atoms with Crippen molar-refractivity contribution < 1.29 is 9.21 Å². The Morgan fingerprint density at radius 3 is 2.73 bits per heavy atom. The lowest BCUT2D eigenvalue weighted by atomic mass is 10.1. The molecule has 0 unspecified atom stereocenters. The van der Waals surface area contributed by atoms with E-state index in [9.17, 15) is 9.59 Å². The molecule has 0 spiro atoms. The van der Waals surface area contributed by atoms with Gasteiger partial charge in [0.15, 0.2) is 5.16 Å². The van der Waals surface area contributed by atoms with Gasteiger partial charge < -0.3 is 9.73 Å². The van der Waals surface area contributed by atoms with Crippen molar-refractivity contribution in [2.75, 3.05) is 11.1 Å². The fraction of sp³-hybridized carbons (Fsp3) is 0.0909. The van der Waals surface area contributed by atoms with Crippen LogP contribution in [0, 0.1) is 6.92 Å². The van der Waals surface area contributed by atoms with Crippen LogP contribution in [-0.2, 0) is 4.79 Å². The number of benzene rings is 2. The minimum Gasteiger partial charge on any atom is -0.423 e. The third-order valence-corrected chi connectivity index (χ3v) is 5.45. The van der Waals surface area contributed by atoms with Gasteiger partial charge in [-0.1, -0.05) is 35.5 Å². The fourth-order valence-corrected chi connectivity index (χ4v) is 3.68. The van der Waals surface area contributed by atoms with Crippen molar-refractivity contribution in [1.29, 1.82) is 0 Å². The summed E-state index contributed by atoms with van der Waals surface area (Å²) in [6.07, 6.45) is 1.66. The number of fused-ring (bicyclic) bond motifs is 1. The van der Waals surface area contributed by atoms with Gasteiger partial charge in [-0.05, 0) is 42.8 Å². The number of nitrogens with zero attached hydrogens (tertiary/aromatic N) is 2. The first kappa shape index (κ1) is 20.1. The Kier molecular flexibility index (Phi) is 5.83. The Morgan fingerprint density at radius 1 is 1.13 bits per heavy atom. The molecule has 150 valence electrons. The topological polar surface area (TPSA) is 85.1 Å². The molecule has 4 aromatic rings. The number of amides is 1. The minimum absolute atomic E-state index is 0.139. The van der Waals surface area contributed by atoms with E-state index in [0.717, 1.165) is 22.2 Å². The first-order valence-corrected chi connectivity index (χ1v) is 10.4. The number of aryl methyl sites for hydroxylation is 1. The standard InChI is InChI=1S/C22H16ClN3O3S/c1-13-10-21(28)29-19-11-16(6-7-17(13)19)25-20(27)12-30-22-24-9-8-18(26-22)14-2-4-15(23)5-3-14/h2-11H,12H2,1H3,(H,25,27). The predicted molar refractivity (Wildman–Crippen MR) is 119 cm³/mol. The highest BCUT2D eigenvalue weighted by Gasteiger charge is 2.09. The van der Waals surface area contributed by atoms with Crippen LogP contribution in [0.15, 0.2) is 75.2 Å². The molecule has 2 heterocycles. The maximum Gasteiger partial charge on any atom is 0.336 e. The van der Waals surface area contributed by atoms with Crippen LogP contribution in [0.3, 0.4) is 0 Å². The molecule has 6 nitrogen and oxygen atoms in total. The van der Waals surface area contributed by atoms with Gasteiger partial charge in [0, 0.05) is 40.0 Å². The van der Waals surface area contributed by atoms with Gasteiger partial charge in [0.2, 0.25) is 5.91 Å². The second kappa shape index (κ2) is 8.69. The van der Waals surface area contributed by atoms with Crippen molar-refractivity contribution in [3.8, 4) is 11.3 Å². The summed E-state index contributed by atoms with van der Waals surface area (Å²) in [6, 6.07) is 15.8. The highest BCUT2D eigenvalue weighted by Crippen LogP contribution is 2.23. The van der Waals surface area contributed by atoms with E-state index in [-0.39, 0.29) is 11.7 Å². The molecule has 0 atom stereocenters. The van der Waals surface area contributed by atoms with Crippen LogP contribution in [0.1, 0.15) is 5.56 Å². The molecule has 0 radical (unpaired) electrons. The Morgan fingerprint density at radius 2 is 1.93 bits per heavy atom. The van der Waals surface area contributed by atoms with Crippen LogP contribution in [0.2, 0.25) is 5.02 Å². The average molecular weight is 438 g/mol. The normalized spacial score (nSPS) is 10.9. The lowest BCUT2D eigenvalue weighted by molar-refractivity contribution is -0.113. The summed E-state index contributed by atoms with van der Waals surface area (Å²) in [5.41, 5.74) is 3.07. The third-order valence-electron chi connectivity index (χ3n) is 4.34. The van der Waals surface area contributed by atoms with Gasteiger partial charge in [0.05, 0.1) is 11.4 Å². The molecule has 2 aromatic carbocycles. The molecule has 0 aliphatic heterocycles. The molecule has 0 saturated carbocycles. The molecule has 1 N–H and O–H groups in total. The number of carbonyl (C=O) groups is 1. The van der Waals surface area contributed by atoms with E-state index in [1.807, 2.05) is 25.1 Å². The number of hydrogen-bond acceptors (Lipinski definition) is 6. The molecule has 0 bridgehead atoms. The number of thioether (sulfide) groups is 1. The summed E-state index contributed by atoms with van der Waals surface area (Å²) < 4.78 is 5.22. The van der Waals surface area contributed by atoms with Gasteiger partial charge in [-0.15, -0.1) is 0 Å². The average Bonchev–Trinajstić information content (AvgIpc) is 2.72. The van der Waals surface area contributed by atoms with E-state index in [1.54, 1.807) is 36.5 Å². The molecule has 1 amide bonds.